The predicted octanol–water partition coefficient (Wildman–Crippen LogP) is 0.455. The van der Waals surface area contributed by atoms with Gasteiger partial charge in [0.2, 0.25) is 0 Å². The first-order valence-electron chi connectivity index (χ1n) is 4.88. The number of nitrogens with two attached hydrogens (primary N) is 1. The van der Waals surface area contributed by atoms with E-state index >= 15 is 0 Å². The summed E-state index contributed by atoms with van der Waals surface area (Å²) in [5, 5.41) is 7.67. The average Bonchev–Trinajstić information content (AvgIpc) is 2.52. The van der Waals surface area contributed by atoms with Gasteiger partial charge in [-0.25, -0.2) is 4.99 Å². The van der Waals surface area contributed by atoms with Crippen LogP contribution in [-0.2, 0) is 9.47 Å². The number of nitrogens with one attached hydrogen (secondary N) is 1. The summed E-state index contributed by atoms with van der Waals surface area (Å²) in [6.45, 7) is 0. The average molecular weight is 209 g/mol. The summed E-state index contributed by atoms with van der Waals surface area (Å²) in [6, 6.07) is 0. The Morgan fingerprint density at radius 2 is 1.73 bits per heavy atom. The van der Waals surface area contributed by atoms with Gasteiger partial charge in [-0.15, -0.1) is 0 Å². The largest absolute Gasteiger partial charge is 0.383 e. The van der Waals surface area contributed by atoms with Crippen LogP contribution in [0.5, 0.6) is 0 Å². The standard InChI is InChI=1S/C10H15N3O2/c1-14-7-3-5-6(4-8(7)15-2)10(12)13-9(5)11/h7-8H,3-4H2,1-2H3,(H3,11,12,13). The Kier molecular flexibility index (Phi) is 2.58. The quantitative estimate of drug-likeness (QED) is 0.693. The van der Waals surface area contributed by atoms with Gasteiger partial charge in [0, 0.05) is 38.2 Å². The van der Waals surface area contributed by atoms with E-state index in [-0.39, 0.29) is 18.0 Å². The third kappa shape index (κ3) is 1.57. The summed E-state index contributed by atoms with van der Waals surface area (Å²) >= 11 is 0. The summed E-state index contributed by atoms with van der Waals surface area (Å²) in [5.41, 5.74) is 7.61. The van der Waals surface area contributed by atoms with Gasteiger partial charge in [-0.2, -0.15) is 0 Å². The number of hydrogen-bond donors (Lipinski definition) is 2. The van der Waals surface area contributed by atoms with E-state index in [9.17, 15) is 0 Å². The van der Waals surface area contributed by atoms with Gasteiger partial charge >= 0.3 is 0 Å². The maximum atomic E-state index is 7.67. The molecule has 2 unspecified atom stereocenters. The third-order valence-electron chi connectivity index (χ3n) is 3.02. The van der Waals surface area contributed by atoms with Crippen LogP contribution in [0.25, 0.3) is 0 Å². The number of hydrogen-bond acceptors (Lipinski definition) is 4. The molecule has 1 aliphatic heterocycles. The lowest BCUT2D eigenvalue weighted by Crippen LogP contribution is -2.36. The minimum Gasteiger partial charge on any atom is -0.383 e. The van der Waals surface area contributed by atoms with Crippen LogP contribution in [0, 0.1) is 5.41 Å². The van der Waals surface area contributed by atoms with Gasteiger partial charge in [-0.05, 0) is 0 Å². The van der Waals surface area contributed by atoms with E-state index in [1.54, 1.807) is 14.2 Å². The van der Waals surface area contributed by atoms with Gasteiger partial charge in [0.25, 0.3) is 0 Å². The van der Waals surface area contributed by atoms with Gasteiger partial charge in [0.15, 0.2) is 5.84 Å². The molecule has 82 valence electrons. The zero-order valence-corrected chi connectivity index (χ0v) is 8.91. The second kappa shape index (κ2) is 3.75. The molecule has 2 rings (SSSR count). The highest BCUT2D eigenvalue weighted by atomic mass is 16.5. The number of amidine groups is 2. The highest BCUT2D eigenvalue weighted by Crippen LogP contribution is 2.32. The smallest absolute Gasteiger partial charge is 0.150 e. The van der Waals surface area contributed by atoms with Crippen LogP contribution < -0.4 is 5.73 Å². The van der Waals surface area contributed by atoms with Crippen LogP contribution in [-0.4, -0.2) is 38.1 Å². The Labute approximate surface area is 88.5 Å². The molecule has 0 spiro atoms. The predicted molar refractivity (Wildman–Crippen MR) is 57.2 cm³/mol. The van der Waals surface area contributed by atoms with Gasteiger partial charge in [-0.3, -0.25) is 5.41 Å². The van der Waals surface area contributed by atoms with Crippen LogP contribution in [0.3, 0.4) is 0 Å². The fraction of sp³-hybridized carbons (Fsp3) is 0.600. The van der Waals surface area contributed by atoms with Crippen molar-refractivity contribution in [3.8, 4) is 0 Å². The molecule has 1 aliphatic carbocycles. The zero-order chi connectivity index (χ0) is 11.0. The molecule has 5 heteroatoms. The second-order valence-electron chi connectivity index (χ2n) is 3.76. The first kappa shape index (κ1) is 10.3. The zero-order valence-electron chi connectivity index (χ0n) is 8.91. The van der Waals surface area contributed by atoms with E-state index in [0.29, 0.717) is 18.7 Å². The number of aliphatic imine (C=N–C) groups is 1. The molecule has 1 heterocycles. The normalized spacial score (nSPS) is 30.5. The molecule has 0 aromatic rings. The Morgan fingerprint density at radius 3 is 2.27 bits per heavy atom. The molecule has 0 bridgehead atoms. The molecule has 0 aromatic carbocycles. The van der Waals surface area contributed by atoms with Crippen molar-refractivity contribution < 1.29 is 9.47 Å². The molecule has 2 atom stereocenters. The van der Waals surface area contributed by atoms with Crippen molar-refractivity contribution in [1.29, 1.82) is 5.41 Å². The Hall–Kier alpha value is -1.20. The topological polar surface area (TPSA) is 80.7 Å². The minimum atomic E-state index is -0.00444. The van der Waals surface area contributed by atoms with E-state index in [1.807, 2.05) is 0 Å². The van der Waals surface area contributed by atoms with Crippen molar-refractivity contribution in [3.63, 3.8) is 0 Å². The number of ether oxygens (including phenoxy) is 2. The Bertz CT molecular complexity index is 360. The van der Waals surface area contributed by atoms with Crippen molar-refractivity contribution in [1.82, 2.24) is 0 Å². The molecule has 0 amide bonds. The molecule has 5 nitrogen and oxygen atoms in total. The lowest BCUT2D eigenvalue weighted by atomic mass is 9.88. The van der Waals surface area contributed by atoms with Gasteiger partial charge in [-0.1, -0.05) is 0 Å². The van der Waals surface area contributed by atoms with E-state index in [0.717, 1.165) is 11.1 Å². The summed E-state index contributed by atoms with van der Waals surface area (Å²) in [6.07, 6.45) is 1.35. The summed E-state index contributed by atoms with van der Waals surface area (Å²) in [4.78, 5) is 3.96. The van der Waals surface area contributed by atoms with Gasteiger partial charge in [0.1, 0.15) is 5.84 Å². The van der Waals surface area contributed by atoms with Crippen molar-refractivity contribution in [3.05, 3.63) is 11.1 Å². The second-order valence-corrected chi connectivity index (χ2v) is 3.76. The molecule has 3 N–H and O–H groups in total. The highest BCUT2D eigenvalue weighted by molar-refractivity contribution is 6.19. The first-order chi connectivity index (χ1) is 7.17. The third-order valence-corrected chi connectivity index (χ3v) is 3.02. The number of rotatable bonds is 2. The lowest BCUT2D eigenvalue weighted by molar-refractivity contribution is -0.0376. The van der Waals surface area contributed by atoms with Crippen molar-refractivity contribution in [2.45, 2.75) is 25.0 Å². The van der Waals surface area contributed by atoms with E-state index < -0.39 is 0 Å². The molecule has 15 heavy (non-hydrogen) atoms. The minimum absolute atomic E-state index is 0.00444. The first-order valence-corrected chi connectivity index (χ1v) is 4.88. The van der Waals surface area contributed by atoms with Gasteiger partial charge in [0.05, 0.1) is 12.2 Å². The van der Waals surface area contributed by atoms with E-state index in [1.165, 1.54) is 0 Å². The molecule has 0 aromatic heterocycles. The molecular formula is C10H15N3O2. The fourth-order valence-corrected chi connectivity index (χ4v) is 2.14. The van der Waals surface area contributed by atoms with Crippen molar-refractivity contribution in [2.24, 2.45) is 10.7 Å². The number of methoxy groups -OCH3 is 2. The molecule has 0 radical (unpaired) electrons. The molecular weight excluding hydrogens is 194 g/mol. The van der Waals surface area contributed by atoms with Crippen LogP contribution >= 0.6 is 0 Å². The summed E-state index contributed by atoms with van der Waals surface area (Å²) in [7, 11) is 3.32. The molecule has 2 aliphatic rings. The van der Waals surface area contributed by atoms with Crippen molar-refractivity contribution >= 4 is 11.7 Å². The van der Waals surface area contributed by atoms with E-state index in [2.05, 4.69) is 4.99 Å². The summed E-state index contributed by atoms with van der Waals surface area (Å²) < 4.78 is 10.7. The van der Waals surface area contributed by atoms with Crippen LogP contribution in [0.4, 0.5) is 0 Å². The maximum absolute atomic E-state index is 7.67. The van der Waals surface area contributed by atoms with E-state index in [4.69, 9.17) is 20.6 Å². The van der Waals surface area contributed by atoms with Crippen LogP contribution in [0.1, 0.15) is 12.8 Å². The number of nitrogens with zero attached hydrogens (tertiary/aromatic N) is 1. The molecule has 0 saturated carbocycles. The van der Waals surface area contributed by atoms with Crippen molar-refractivity contribution in [2.75, 3.05) is 14.2 Å². The van der Waals surface area contributed by atoms with Crippen LogP contribution in [0.2, 0.25) is 0 Å². The maximum Gasteiger partial charge on any atom is 0.150 e. The lowest BCUT2D eigenvalue weighted by Gasteiger charge is -2.30. The monoisotopic (exact) mass is 209 g/mol. The Balaban J connectivity index is 2.28. The molecule has 0 fully saturated rings. The SMILES string of the molecule is COC1CC2=C(CC1OC)C(N)=NC2=N. The summed E-state index contributed by atoms with van der Waals surface area (Å²) in [5.74, 6) is 0.741. The van der Waals surface area contributed by atoms with Gasteiger partial charge < -0.3 is 15.2 Å². The molecule has 0 saturated heterocycles. The van der Waals surface area contributed by atoms with Crippen LogP contribution in [0.15, 0.2) is 16.1 Å². The highest BCUT2D eigenvalue weighted by Gasteiger charge is 2.35. The fourth-order valence-electron chi connectivity index (χ4n) is 2.14. The Morgan fingerprint density at radius 1 is 1.20 bits per heavy atom.